The van der Waals surface area contributed by atoms with Gasteiger partial charge in [0.2, 0.25) is 0 Å². The minimum absolute atomic E-state index is 0.0249. The first-order valence-corrected chi connectivity index (χ1v) is 4.27. The van der Waals surface area contributed by atoms with E-state index in [4.69, 9.17) is 10.2 Å². The van der Waals surface area contributed by atoms with Gasteiger partial charge in [-0.05, 0) is 13.8 Å². The van der Waals surface area contributed by atoms with Crippen LogP contribution in [0.4, 0.5) is 4.79 Å². The second-order valence-corrected chi connectivity index (χ2v) is 3.23. The Labute approximate surface area is 82.5 Å². The van der Waals surface area contributed by atoms with Crippen LogP contribution in [0.1, 0.15) is 13.8 Å². The third kappa shape index (κ3) is 3.61. The van der Waals surface area contributed by atoms with E-state index in [1.165, 1.54) is 4.90 Å². The second-order valence-electron chi connectivity index (χ2n) is 3.23. The Bertz CT molecular complexity index is 217. The Hall–Kier alpha value is -1.30. The van der Waals surface area contributed by atoms with E-state index in [1.54, 1.807) is 20.9 Å². The van der Waals surface area contributed by atoms with Gasteiger partial charge in [-0.2, -0.15) is 0 Å². The highest BCUT2D eigenvalue weighted by atomic mass is 16.4. The molecule has 2 amide bonds. The zero-order chi connectivity index (χ0) is 11.3. The summed E-state index contributed by atoms with van der Waals surface area (Å²) in [5.74, 6) is -1.25. The summed E-state index contributed by atoms with van der Waals surface area (Å²) in [5, 5.41) is 19.4. The molecule has 0 fully saturated rings. The molecule has 6 nitrogen and oxygen atoms in total. The van der Waals surface area contributed by atoms with E-state index in [-0.39, 0.29) is 6.04 Å². The van der Waals surface area contributed by atoms with Crippen LogP contribution in [0, 0.1) is 0 Å². The van der Waals surface area contributed by atoms with Crippen molar-refractivity contribution in [1.29, 1.82) is 0 Å². The van der Waals surface area contributed by atoms with E-state index in [0.29, 0.717) is 0 Å². The standard InChI is InChI=1S/C8H16N2O4/c1-5(2)10(3)8(14)9-6(4-11)7(12)13/h5-6,11H,4H2,1-3H3,(H,9,14)(H,12,13)/t6-/m1/s1. The third-order valence-corrected chi connectivity index (χ3v) is 1.87. The Morgan fingerprint density at radius 1 is 1.43 bits per heavy atom. The van der Waals surface area contributed by atoms with E-state index in [9.17, 15) is 9.59 Å². The van der Waals surface area contributed by atoms with Crippen LogP contribution in [0.25, 0.3) is 0 Å². The molecule has 0 aromatic heterocycles. The second kappa shape index (κ2) is 5.43. The molecule has 0 aromatic rings. The predicted molar refractivity (Wildman–Crippen MR) is 49.9 cm³/mol. The molecule has 0 saturated carbocycles. The molecule has 0 aromatic carbocycles. The van der Waals surface area contributed by atoms with Crippen LogP contribution < -0.4 is 5.32 Å². The van der Waals surface area contributed by atoms with Gasteiger partial charge in [0, 0.05) is 13.1 Å². The number of aliphatic hydroxyl groups is 1. The fraction of sp³-hybridized carbons (Fsp3) is 0.750. The van der Waals surface area contributed by atoms with Gasteiger partial charge in [0.15, 0.2) is 6.04 Å². The lowest BCUT2D eigenvalue weighted by molar-refractivity contribution is -0.140. The van der Waals surface area contributed by atoms with Gasteiger partial charge in [0.25, 0.3) is 0 Å². The van der Waals surface area contributed by atoms with Gasteiger partial charge in [0.1, 0.15) is 0 Å². The summed E-state index contributed by atoms with van der Waals surface area (Å²) in [7, 11) is 1.55. The highest BCUT2D eigenvalue weighted by molar-refractivity contribution is 5.82. The summed E-state index contributed by atoms with van der Waals surface area (Å²) in [5.41, 5.74) is 0. The molecule has 0 saturated heterocycles. The number of nitrogens with zero attached hydrogens (tertiary/aromatic N) is 1. The van der Waals surface area contributed by atoms with Gasteiger partial charge < -0.3 is 20.4 Å². The number of carboxylic acids is 1. The van der Waals surface area contributed by atoms with Gasteiger partial charge in [-0.1, -0.05) is 0 Å². The number of rotatable bonds is 4. The van der Waals surface area contributed by atoms with E-state index >= 15 is 0 Å². The summed E-state index contributed by atoms with van der Waals surface area (Å²) in [6.45, 7) is 2.98. The van der Waals surface area contributed by atoms with Crippen molar-refractivity contribution in [1.82, 2.24) is 10.2 Å². The quantitative estimate of drug-likeness (QED) is 0.575. The molecule has 0 heterocycles. The van der Waals surface area contributed by atoms with Crippen LogP contribution in [0.5, 0.6) is 0 Å². The molecule has 3 N–H and O–H groups in total. The Balaban J connectivity index is 4.22. The maximum atomic E-state index is 11.3. The van der Waals surface area contributed by atoms with Crippen molar-refractivity contribution in [2.75, 3.05) is 13.7 Å². The van der Waals surface area contributed by atoms with Gasteiger partial charge >= 0.3 is 12.0 Å². The number of carboxylic acid groups (broad SMARTS) is 1. The van der Waals surface area contributed by atoms with E-state index < -0.39 is 24.6 Å². The number of hydrogen-bond acceptors (Lipinski definition) is 3. The van der Waals surface area contributed by atoms with E-state index in [1.807, 2.05) is 0 Å². The summed E-state index contributed by atoms with van der Waals surface area (Å²) < 4.78 is 0. The first-order chi connectivity index (χ1) is 6.40. The number of amides is 2. The highest BCUT2D eigenvalue weighted by Gasteiger charge is 2.21. The monoisotopic (exact) mass is 204 g/mol. The number of carbonyl (C=O) groups is 2. The lowest BCUT2D eigenvalue weighted by Crippen LogP contribution is -2.50. The molecular formula is C8H16N2O4. The zero-order valence-electron chi connectivity index (χ0n) is 8.52. The van der Waals surface area contributed by atoms with Gasteiger partial charge in [-0.25, -0.2) is 9.59 Å². The molecule has 6 heteroatoms. The van der Waals surface area contributed by atoms with Gasteiger partial charge in [-0.3, -0.25) is 0 Å². The molecule has 0 spiro atoms. The highest BCUT2D eigenvalue weighted by Crippen LogP contribution is 1.95. The largest absolute Gasteiger partial charge is 0.480 e. The number of hydrogen-bond donors (Lipinski definition) is 3. The van der Waals surface area contributed by atoms with Gasteiger partial charge in [0.05, 0.1) is 6.61 Å². The van der Waals surface area contributed by atoms with Crippen molar-refractivity contribution in [3.05, 3.63) is 0 Å². The minimum atomic E-state index is -1.25. The number of urea groups is 1. The topological polar surface area (TPSA) is 89.9 Å². The van der Waals surface area contributed by atoms with Crippen LogP contribution in [-0.4, -0.2) is 52.9 Å². The summed E-state index contributed by atoms with van der Waals surface area (Å²) in [6.07, 6.45) is 0. The number of aliphatic hydroxyl groups excluding tert-OH is 1. The van der Waals surface area contributed by atoms with Crippen LogP contribution >= 0.6 is 0 Å². The zero-order valence-corrected chi connectivity index (χ0v) is 8.52. The number of carbonyl (C=O) groups excluding carboxylic acids is 1. The molecule has 0 aliphatic carbocycles. The molecule has 82 valence electrons. The lowest BCUT2D eigenvalue weighted by Gasteiger charge is -2.23. The predicted octanol–water partition coefficient (Wildman–Crippen LogP) is -0.518. The van der Waals surface area contributed by atoms with E-state index in [0.717, 1.165) is 0 Å². The molecule has 0 bridgehead atoms. The first-order valence-electron chi connectivity index (χ1n) is 4.27. The fourth-order valence-electron chi connectivity index (χ4n) is 0.671. The SMILES string of the molecule is CC(C)N(C)C(=O)N[C@H](CO)C(=O)O. The van der Waals surface area contributed by atoms with Crippen molar-refractivity contribution in [2.24, 2.45) is 0 Å². The average Bonchev–Trinajstić information content (AvgIpc) is 2.11. The average molecular weight is 204 g/mol. The molecule has 14 heavy (non-hydrogen) atoms. The Morgan fingerprint density at radius 3 is 2.21 bits per heavy atom. The van der Waals surface area contributed by atoms with Crippen LogP contribution in [-0.2, 0) is 4.79 Å². The maximum absolute atomic E-state index is 11.3. The summed E-state index contributed by atoms with van der Waals surface area (Å²) in [4.78, 5) is 23.1. The fourth-order valence-corrected chi connectivity index (χ4v) is 0.671. The number of aliphatic carboxylic acids is 1. The molecule has 0 rings (SSSR count). The molecule has 0 aliphatic heterocycles. The molecule has 0 radical (unpaired) electrons. The van der Waals surface area contributed by atoms with Crippen LogP contribution in [0.15, 0.2) is 0 Å². The molecule has 1 atom stereocenters. The smallest absolute Gasteiger partial charge is 0.328 e. The van der Waals surface area contributed by atoms with Crippen molar-refractivity contribution in [3.8, 4) is 0 Å². The van der Waals surface area contributed by atoms with Crippen LogP contribution in [0.2, 0.25) is 0 Å². The Kier molecular flexibility index (Phi) is 4.93. The van der Waals surface area contributed by atoms with Crippen molar-refractivity contribution >= 4 is 12.0 Å². The number of nitrogens with one attached hydrogen (secondary N) is 1. The van der Waals surface area contributed by atoms with Crippen LogP contribution in [0.3, 0.4) is 0 Å². The first kappa shape index (κ1) is 12.7. The normalized spacial score (nSPS) is 12.4. The molecule has 0 unspecified atom stereocenters. The van der Waals surface area contributed by atoms with Crippen molar-refractivity contribution in [2.45, 2.75) is 25.9 Å². The third-order valence-electron chi connectivity index (χ3n) is 1.87. The summed E-state index contributed by atoms with van der Waals surface area (Å²) in [6, 6.07) is -1.78. The minimum Gasteiger partial charge on any atom is -0.480 e. The summed E-state index contributed by atoms with van der Waals surface area (Å²) >= 11 is 0. The van der Waals surface area contributed by atoms with Crippen molar-refractivity contribution in [3.63, 3.8) is 0 Å². The molecular weight excluding hydrogens is 188 g/mol. The van der Waals surface area contributed by atoms with Gasteiger partial charge in [-0.15, -0.1) is 0 Å². The maximum Gasteiger partial charge on any atom is 0.328 e. The molecule has 0 aliphatic rings. The van der Waals surface area contributed by atoms with Crippen molar-refractivity contribution < 1.29 is 19.8 Å². The lowest BCUT2D eigenvalue weighted by atomic mass is 10.3. The van der Waals surface area contributed by atoms with E-state index in [2.05, 4.69) is 5.32 Å². The Morgan fingerprint density at radius 2 is 1.93 bits per heavy atom.